The molecule has 1 saturated heterocycles. The monoisotopic (exact) mass is 418 g/mol. The SMILES string of the molecule is NC(N)=NCCC[C@H](N)C(=O)N1CCC[C@H]1C(=O)NCC(=O)OCc1ccccc1. The molecule has 1 heterocycles. The molecule has 0 unspecified atom stereocenters. The van der Waals surface area contributed by atoms with Crippen LogP contribution in [-0.4, -0.2) is 60.4 Å². The van der Waals surface area contributed by atoms with Gasteiger partial charge in [-0.3, -0.25) is 19.4 Å². The van der Waals surface area contributed by atoms with Gasteiger partial charge in [0.25, 0.3) is 0 Å². The van der Waals surface area contributed by atoms with Crippen molar-refractivity contribution in [2.75, 3.05) is 19.6 Å². The maximum Gasteiger partial charge on any atom is 0.325 e. The van der Waals surface area contributed by atoms with Gasteiger partial charge in [-0.25, -0.2) is 0 Å². The number of ether oxygens (including phenoxy) is 1. The number of nitrogens with one attached hydrogen (secondary N) is 1. The number of nitrogens with zero attached hydrogens (tertiary/aromatic N) is 2. The number of carbonyl (C=O) groups is 3. The van der Waals surface area contributed by atoms with Crippen molar-refractivity contribution in [3.8, 4) is 0 Å². The molecule has 0 bridgehead atoms. The molecule has 7 N–H and O–H groups in total. The number of hydrogen-bond acceptors (Lipinski definition) is 6. The minimum Gasteiger partial charge on any atom is -0.460 e. The van der Waals surface area contributed by atoms with Crippen molar-refractivity contribution >= 4 is 23.7 Å². The average molecular weight is 418 g/mol. The van der Waals surface area contributed by atoms with Gasteiger partial charge < -0.3 is 32.2 Å². The van der Waals surface area contributed by atoms with E-state index in [0.717, 1.165) is 5.56 Å². The van der Waals surface area contributed by atoms with Crippen LogP contribution in [0.25, 0.3) is 0 Å². The molecule has 1 aromatic rings. The number of likely N-dealkylation sites (tertiary alicyclic amines) is 1. The lowest BCUT2D eigenvalue weighted by Gasteiger charge is -2.26. The topological polar surface area (TPSA) is 166 Å². The first kappa shape index (κ1) is 23.1. The van der Waals surface area contributed by atoms with Crippen molar-refractivity contribution in [3.63, 3.8) is 0 Å². The third-order valence-corrected chi connectivity index (χ3v) is 4.77. The average Bonchev–Trinajstić information content (AvgIpc) is 3.23. The molecule has 10 heteroatoms. The third kappa shape index (κ3) is 7.36. The van der Waals surface area contributed by atoms with Gasteiger partial charge >= 0.3 is 5.97 Å². The number of guanidine groups is 1. The van der Waals surface area contributed by atoms with Crippen molar-refractivity contribution in [3.05, 3.63) is 35.9 Å². The summed E-state index contributed by atoms with van der Waals surface area (Å²) in [5, 5.41) is 2.56. The highest BCUT2D eigenvalue weighted by molar-refractivity contribution is 5.91. The number of aliphatic imine (C=N–C) groups is 1. The first-order valence-corrected chi connectivity index (χ1v) is 9.97. The maximum atomic E-state index is 12.6. The van der Waals surface area contributed by atoms with Gasteiger partial charge in [0.2, 0.25) is 11.8 Å². The van der Waals surface area contributed by atoms with Gasteiger partial charge in [-0.2, -0.15) is 0 Å². The first-order chi connectivity index (χ1) is 14.4. The highest BCUT2D eigenvalue weighted by Gasteiger charge is 2.36. The Hall–Kier alpha value is -3.14. The van der Waals surface area contributed by atoms with E-state index in [0.29, 0.717) is 38.8 Å². The quantitative estimate of drug-likeness (QED) is 0.167. The fourth-order valence-electron chi connectivity index (χ4n) is 3.23. The van der Waals surface area contributed by atoms with E-state index in [1.807, 2.05) is 30.3 Å². The number of amides is 2. The summed E-state index contributed by atoms with van der Waals surface area (Å²) in [7, 11) is 0. The number of carbonyl (C=O) groups excluding carboxylic acids is 3. The van der Waals surface area contributed by atoms with Crippen LogP contribution in [0.4, 0.5) is 0 Å². The predicted octanol–water partition coefficient (Wildman–Crippen LogP) is -0.782. The lowest BCUT2D eigenvalue weighted by Crippen LogP contribution is -2.51. The zero-order chi connectivity index (χ0) is 21.9. The van der Waals surface area contributed by atoms with E-state index in [1.54, 1.807) is 0 Å². The van der Waals surface area contributed by atoms with Crippen molar-refractivity contribution < 1.29 is 19.1 Å². The Morgan fingerprint density at radius 1 is 1.23 bits per heavy atom. The van der Waals surface area contributed by atoms with Crippen LogP contribution in [0.3, 0.4) is 0 Å². The molecule has 0 aromatic heterocycles. The van der Waals surface area contributed by atoms with Crippen LogP contribution in [0.15, 0.2) is 35.3 Å². The zero-order valence-electron chi connectivity index (χ0n) is 17.0. The number of esters is 1. The minimum absolute atomic E-state index is 0.00605. The van der Waals surface area contributed by atoms with Crippen LogP contribution >= 0.6 is 0 Å². The molecule has 2 amide bonds. The Labute approximate surface area is 175 Å². The summed E-state index contributed by atoms with van der Waals surface area (Å²) in [5.74, 6) is -1.22. The van der Waals surface area contributed by atoms with Gasteiger partial charge in [-0.1, -0.05) is 30.3 Å². The van der Waals surface area contributed by atoms with E-state index < -0.39 is 18.1 Å². The molecule has 2 rings (SSSR count). The Bertz CT molecular complexity index is 751. The summed E-state index contributed by atoms with van der Waals surface area (Å²) in [6.07, 6.45) is 2.19. The molecule has 1 fully saturated rings. The molecular formula is C20H30N6O4. The Balaban J connectivity index is 1.76. The van der Waals surface area contributed by atoms with Crippen molar-refractivity contribution in [1.29, 1.82) is 0 Å². The smallest absolute Gasteiger partial charge is 0.325 e. The Morgan fingerprint density at radius 2 is 1.97 bits per heavy atom. The fourth-order valence-corrected chi connectivity index (χ4v) is 3.23. The second-order valence-corrected chi connectivity index (χ2v) is 7.11. The summed E-state index contributed by atoms with van der Waals surface area (Å²) in [4.78, 5) is 42.4. The summed E-state index contributed by atoms with van der Waals surface area (Å²) >= 11 is 0. The molecule has 0 spiro atoms. The largest absolute Gasteiger partial charge is 0.460 e. The van der Waals surface area contributed by atoms with Gasteiger partial charge in [0, 0.05) is 13.1 Å². The van der Waals surface area contributed by atoms with Crippen LogP contribution in [0.1, 0.15) is 31.2 Å². The molecule has 2 atom stereocenters. The number of benzene rings is 1. The highest BCUT2D eigenvalue weighted by Crippen LogP contribution is 2.19. The molecule has 0 aliphatic carbocycles. The van der Waals surface area contributed by atoms with Crippen molar-refractivity contribution in [2.45, 2.75) is 44.4 Å². The van der Waals surface area contributed by atoms with Crippen molar-refractivity contribution in [2.24, 2.45) is 22.2 Å². The first-order valence-electron chi connectivity index (χ1n) is 9.97. The number of rotatable bonds is 10. The fraction of sp³-hybridized carbons (Fsp3) is 0.500. The summed E-state index contributed by atoms with van der Waals surface area (Å²) in [6, 6.07) is 7.88. The minimum atomic E-state index is -0.733. The second kappa shape index (κ2) is 11.8. The Morgan fingerprint density at radius 3 is 2.67 bits per heavy atom. The normalized spacial score (nSPS) is 16.6. The summed E-state index contributed by atoms with van der Waals surface area (Å²) in [5.41, 5.74) is 17.4. The van der Waals surface area contributed by atoms with Crippen LogP contribution in [0, 0.1) is 0 Å². The van der Waals surface area contributed by atoms with Crippen LogP contribution in [0.5, 0.6) is 0 Å². The van der Waals surface area contributed by atoms with E-state index >= 15 is 0 Å². The summed E-state index contributed by atoms with van der Waals surface area (Å²) in [6.45, 7) is 0.725. The predicted molar refractivity (Wildman–Crippen MR) is 112 cm³/mol. The molecule has 1 aliphatic heterocycles. The standard InChI is InChI=1S/C20H30N6O4/c21-15(8-4-10-24-20(22)23)19(29)26-11-5-9-16(26)18(28)25-12-17(27)30-13-14-6-2-1-3-7-14/h1-3,6-7,15-16H,4-5,8-13,21H2,(H,25,28)(H4,22,23,24)/t15-,16-/m0/s1. The van der Waals surface area contributed by atoms with Crippen LogP contribution in [-0.2, 0) is 25.7 Å². The molecule has 0 radical (unpaired) electrons. The lowest BCUT2D eigenvalue weighted by atomic mass is 10.1. The molecule has 0 saturated carbocycles. The van der Waals surface area contributed by atoms with Gasteiger partial charge in [0.1, 0.15) is 19.2 Å². The van der Waals surface area contributed by atoms with E-state index in [9.17, 15) is 14.4 Å². The Kier molecular flexibility index (Phi) is 9.07. The molecule has 10 nitrogen and oxygen atoms in total. The van der Waals surface area contributed by atoms with E-state index in [-0.39, 0.29) is 30.9 Å². The molecule has 164 valence electrons. The molecular weight excluding hydrogens is 388 g/mol. The van der Waals surface area contributed by atoms with Gasteiger partial charge in [-0.15, -0.1) is 0 Å². The maximum absolute atomic E-state index is 12.6. The van der Waals surface area contributed by atoms with Crippen molar-refractivity contribution in [1.82, 2.24) is 10.2 Å². The van der Waals surface area contributed by atoms with Gasteiger partial charge in [-0.05, 0) is 31.2 Å². The second-order valence-electron chi connectivity index (χ2n) is 7.11. The van der Waals surface area contributed by atoms with Crippen LogP contribution < -0.4 is 22.5 Å². The van der Waals surface area contributed by atoms with E-state index in [1.165, 1.54) is 4.90 Å². The van der Waals surface area contributed by atoms with Gasteiger partial charge in [0.15, 0.2) is 5.96 Å². The summed E-state index contributed by atoms with van der Waals surface area (Å²) < 4.78 is 5.14. The zero-order valence-corrected chi connectivity index (χ0v) is 17.0. The van der Waals surface area contributed by atoms with Gasteiger partial charge in [0.05, 0.1) is 6.04 Å². The number of nitrogens with two attached hydrogens (primary N) is 3. The third-order valence-electron chi connectivity index (χ3n) is 4.77. The van der Waals surface area contributed by atoms with E-state index in [4.69, 9.17) is 21.9 Å². The molecule has 1 aliphatic rings. The molecule has 30 heavy (non-hydrogen) atoms. The lowest BCUT2D eigenvalue weighted by molar-refractivity contribution is -0.146. The highest BCUT2D eigenvalue weighted by atomic mass is 16.5. The van der Waals surface area contributed by atoms with E-state index in [2.05, 4.69) is 10.3 Å². The molecule has 1 aromatic carbocycles. The van der Waals surface area contributed by atoms with Crippen LogP contribution in [0.2, 0.25) is 0 Å². The number of hydrogen-bond donors (Lipinski definition) is 4.